The van der Waals surface area contributed by atoms with Crippen molar-refractivity contribution in [2.45, 2.75) is 38.3 Å². The van der Waals surface area contributed by atoms with Crippen LogP contribution in [0.25, 0.3) is 0 Å². The Morgan fingerprint density at radius 2 is 2.33 bits per heavy atom. The molecule has 1 saturated heterocycles. The zero-order valence-electron chi connectivity index (χ0n) is 11.4. The summed E-state index contributed by atoms with van der Waals surface area (Å²) in [5, 5.41) is 3.55. The minimum atomic E-state index is -0.0166. The molecule has 100 valence electrons. The molecule has 0 amide bonds. The standard InChI is InChI=1S/C15H24N2O/c1-12-5-3-6-13(9-12)14(10-16)17-11-15(2)7-4-8-18-15/h3,5-6,9,14,17H,4,7-8,10-11,16H2,1-2H3. The van der Waals surface area contributed by atoms with Gasteiger partial charge in [-0.3, -0.25) is 0 Å². The van der Waals surface area contributed by atoms with Crippen molar-refractivity contribution in [2.24, 2.45) is 5.73 Å². The molecule has 3 heteroatoms. The number of aryl methyl sites for hydroxylation is 1. The van der Waals surface area contributed by atoms with Crippen LogP contribution in [0, 0.1) is 6.92 Å². The van der Waals surface area contributed by atoms with Gasteiger partial charge in [0.15, 0.2) is 0 Å². The molecular weight excluding hydrogens is 224 g/mol. The molecule has 1 aliphatic heterocycles. The molecule has 3 N–H and O–H groups in total. The van der Waals surface area contributed by atoms with Crippen molar-refractivity contribution >= 4 is 0 Å². The Hall–Kier alpha value is -0.900. The molecule has 2 atom stereocenters. The predicted octanol–water partition coefficient (Wildman–Crippen LogP) is 2.15. The van der Waals surface area contributed by atoms with Gasteiger partial charge in [-0.2, -0.15) is 0 Å². The second kappa shape index (κ2) is 5.83. The Morgan fingerprint density at radius 3 is 2.94 bits per heavy atom. The molecule has 3 nitrogen and oxygen atoms in total. The summed E-state index contributed by atoms with van der Waals surface area (Å²) in [5.41, 5.74) is 8.40. The van der Waals surface area contributed by atoms with E-state index in [1.54, 1.807) is 0 Å². The Bertz CT molecular complexity index is 386. The topological polar surface area (TPSA) is 47.3 Å². The molecule has 2 rings (SSSR count). The number of hydrogen-bond donors (Lipinski definition) is 2. The lowest BCUT2D eigenvalue weighted by Crippen LogP contribution is -2.41. The molecule has 1 aromatic carbocycles. The molecule has 1 heterocycles. The third kappa shape index (κ3) is 3.31. The van der Waals surface area contributed by atoms with Crippen LogP contribution in [0.15, 0.2) is 24.3 Å². The molecule has 1 fully saturated rings. The van der Waals surface area contributed by atoms with E-state index in [9.17, 15) is 0 Å². The Balaban J connectivity index is 1.97. The Labute approximate surface area is 110 Å². The summed E-state index contributed by atoms with van der Waals surface area (Å²) in [6.07, 6.45) is 2.29. The quantitative estimate of drug-likeness (QED) is 0.839. The van der Waals surface area contributed by atoms with Gasteiger partial charge in [-0.25, -0.2) is 0 Å². The van der Waals surface area contributed by atoms with Gasteiger partial charge in [0.2, 0.25) is 0 Å². The number of benzene rings is 1. The number of rotatable bonds is 5. The highest BCUT2D eigenvalue weighted by Gasteiger charge is 2.30. The van der Waals surface area contributed by atoms with Crippen LogP contribution in [0.3, 0.4) is 0 Å². The van der Waals surface area contributed by atoms with Gasteiger partial charge >= 0.3 is 0 Å². The smallest absolute Gasteiger partial charge is 0.0779 e. The minimum absolute atomic E-state index is 0.0166. The molecule has 0 saturated carbocycles. The highest BCUT2D eigenvalue weighted by molar-refractivity contribution is 5.25. The van der Waals surface area contributed by atoms with Gasteiger partial charge in [-0.05, 0) is 32.3 Å². The lowest BCUT2D eigenvalue weighted by molar-refractivity contribution is 0.0189. The Morgan fingerprint density at radius 1 is 1.50 bits per heavy atom. The largest absolute Gasteiger partial charge is 0.374 e. The van der Waals surface area contributed by atoms with Crippen LogP contribution in [0.2, 0.25) is 0 Å². The summed E-state index contributed by atoms with van der Waals surface area (Å²) in [6, 6.07) is 8.74. The van der Waals surface area contributed by atoms with Crippen molar-refractivity contribution in [3.05, 3.63) is 35.4 Å². The van der Waals surface area contributed by atoms with Crippen molar-refractivity contribution < 1.29 is 4.74 Å². The second-order valence-electron chi connectivity index (χ2n) is 5.49. The summed E-state index contributed by atoms with van der Waals surface area (Å²) in [5.74, 6) is 0. The lowest BCUT2D eigenvalue weighted by Gasteiger charge is -2.27. The molecule has 0 bridgehead atoms. The van der Waals surface area contributed by atoms with Crippen LogP contribution < -0.4 is 11.1 Å². The third-order valence-electron chi connectivity index (χ3n) is 3.70. The van der Waals surface area contributed by atoms with Crippen LogP contribution in [-0.2, 0) is 4.74 Å². The van der Waals surface area contributed by atoms with Gasteiger partial charge in [-0.1, -0.05) is 29.8 Å². The predicted molar refractivity (Wildman–Crippen MR) is 74.6 cm³/mol. The summed E-state index contributed by atoms with van der Waals surface area (Å²) >= 11 is 0. The van der Waals surface area contributed by atoms with E-state index in [1.807, 2.05) is 0 Å². The van der Waals surface area contributed by atoms with E-state index >= 15 is 0 Å². The monoisotopic (exact) mass is 248 g/mol. The fourth-order valence-corrected chi connectivity index (χ4v) is 2.54. The SMILES string of the molecule is Cc1cccc(C(CN)NCC2(C)CCCO2)c1. The zero-order chi connectivity index (χ0) is 13.0. The van der Waals surface area contributed by atoms with E-state index in [0.29, 0.717) is 6.54 Å². The maximum absolute atomic E-state index is 5.88. The fourth-order valence-electron chi connectivity index (χ4n) is 2.54. The van der Waals surface area contributed by atoms with Gasteiger partial charge in [0.05, 0.1) is 5.60 Å². The van der Waals surface area contributed by atoms with E-state index < -0.39 is 0 Å². The summed E-state index contributed by atoms with van der Waals surface area (Å²) in [6.45, 7) is 6.65. The minimum Gasteiger partial charge on any atom is -0.374 e. The number of nitrogens with two attached hydrogens (primary N) is 1. The maximum atomic E-state index is 5.88. The van der Waals surface area contributed by atoms with Crippen molar-refractivity contribution in [3.63, 3.8) is 0 Å². The first-order valence-electron chi connectivity index (χ1n) is 6.77. The third-order valence-corrected chi connectivity index (χ3v) is 3.70. The molecular formula is C15H24N2O. The normalized spacial score (nSPS) is 25.3. The van der Waals surface area contributed by atoms with Crippen molar-refractivity contribution in [3.8, 4) is 0 Å². The highest BCUT2D eigenvalue weighted by atomic mass is 16.5. The van der Waals surface area contributed by atoms with Crippen LogP contribution in [0.5, 0.6) is 0 Å². The molecule has 0 aromatic heterocycles. The van der Waals surface area contributed by atoms with Gasteiger partial charge in [0.25, 0.3) is 0 Å². The average Bonchev–Trinajstić information content (AvgIpc) is 2.77. The van der Waals surface area contributed by atoms with Crippen LogP contribution >= 0.6 is 0 Å². The number of hydrogen-bond acceptors (Lipinski definition) is 3. The summed E-state index contributed by atoms with van der Waals surface area (Å²) < 4.78 is 5.79. The molecule has 1 aromatic rings. The highest BCUT2D eigenvalue weighted by Crippen LogP contribution is 2.25. The van der Waals surface area contributed by atoms with E-state index in [0.717, 1.165) is 26.0 Å². The van der Waals surface area contributed by atoms with E-state index in [1.165, 1.54) is 11.1 Å². The maximum Gasteiger partial charge on any atom is 0.0779 e. The summed E-state index contributed by atoms with van der Waals surface area (Å²) in [4.78, 5) is 0. The molecule has 2 unspecified atom stereocenters. The average molecular weight is 248 g/mol. The van der Waals surface area contributed by atoms with Gasteiger partial charge in [0, 0.05) is 25.7 Å². The van der Waals surface area contributed by atoms with E-state index in [-0.39, 0.29) is 11.6 Å². The molecule has 18 heavy (non-hydrogen) atoms. The van der Waals surface area contributed by atoms with E-state index in [2.05, 4.69) is 43.4 Å². The van der Waals surface area contributed by atoms with Crippen LogP contribution in [-0.4, -0.2) is 25.3 Å². The molecule has 0 aliphatic carbocycles. The first-order valence-corrected chi connectivity index (χ1v) is 6.77. The van der Waals surface area contributed by atoms with Crippen molar-refractivity contribution in [1.82, 2.24) is 5.32 Å². The van der Waals surface area contributed by atoms with Gasteiger partial charge < -0.3 is 15.8 Å². The fraction of sp³-hybridized carbons (Fsp3) is 0.600. The zero-order valence-corrected chi connectivity index (χ0v) is 11.4. The summed E-state index contributed by atoms with van der Waals surface area (Å²) in [7, 11) is 0. The second-order valence-corrected chi connectivity index (χ2v) is 5.49. The van der Waals surface area contributed by atoms with Crippen LogP contribution in [0.4, 0.5) is 0 Å². The van der Waals surface area contributed by atoms with Gasteiger partial charge in [0.1, 0.15) is 0 Å². The van der Waals surface area contributed by atoms with Crippen LogP contribution in [0.1, 0.15) is 36.9 Å². The first kappa shape index (κ1) is 13.5. The van der Waals surface area contributed by atoms with Crippen molar-refractivity contribution in [1.29, 1.82) is 0 Å². The number of nitrogens with one attached hydrogen (secondary N) is 1. The Kier molecular flexibility index (Phi) is 4.38. The lowest BCUT2D eigenvalue weighted by atomic mass is 10.0. The first-order chi connectivity index (χ1) is 8.63. The number of ether oxygens (including phenoxy) is 1. The molecule has 1 aliphatic rings. The molecule has 0 radical (unpaired) electrons. The van der Waals surface area contributed by atoms with E-state index in [4.69, 9.17) is 10.5 Å². The van der Waals surface area contributed by atoms with Gasteiger partial charge in [-0.15, -0.1) is 0 Å². The van der Waals surface area contributed by atoms with Crippen molar-refractivity contribution in [2.75, 3.05) is 19.7 Å². The molecule has 0 spiro atoms.